The highest BCUT2D eigenvalue weighted by atomic mass is 32.2. The van der Waals surface area contributed by atoms with Gasteiger partial charge < -0.3 is 9.80 Å². The number of aliphatic imine (C=N–C) groups is 1. The maximum atomic E-state index is 4.43. The monoisotopic (exact) mass is 261 g/mol. The normalized spacial score (nSPS) is 19.9. The van der Waals surface area contributed by atoms with Gasteiger partial charge in [-0.25, -0.2) is 0 Å². The van der Waals surface area contributed by atoms with Crippen molar-refractivity contribution in [1.29, 1.82) is 0 Å². The first-order chi connectivity index (χ1) is 8.86. The fourth-order valence-electron chi connectivity index (χ4n) is 2.51. The van der Waals surface area contributed by atoms with Crippen LogP contribution in [-0.4, -0.2) is 49.6 Å². The molecule has 0 unspecified atom stereocenters. The summed E-state index contributed by atoms with van der Waals surface area (Å²) in [5.74, 6) is 1.00. The quantitative estimate of drug-likeness (QED) is 0.815. The van der Waals surface area contributed by atoms with Crippen molar-refractivity contribution >= 4 is 29.4 Å². The summed E-state index contributed by atoms with van der Waals surface area (Å²) in [5, 5.41) is 0. The average Bonchev–Trinajstić information content (AvgIpc) is 2.47. The van der Waals surface area contributed by atoms with Crippen molar-refractivity contribution in [1.82, 2.24) is 4.90 Å². The van der Waals surface area contributed by atoms with E-state index in [1.165, 1.54) is 30.2 Å². The van der Waals surface area contributed by atoms with E-state index < -0.39 is 0 Å². The summed E-state index contributed by atoms with van der Waals surface area (Å²) < 4.78 is 0. The molecule has 1 saturated heterocycles. The van der Waals surface area contributed by atoms with Gasteiger partial charge in [0.15, 0.2) is 0 Å². The zero-order valence-corrected chi connectivity index (χ0v) is 11.6. The Labute approximate surface area is 113 Å². The molecular weight excluding hydrogens is 242 g/mol. The van der Waals surface area contributed by atoms with E-state index in [4.69, 9.17) is 0 Å². The van der Waals surface area contributed by atoms with Gasteiger partial charge >= 0.3 is 0 Å². The topological polar surface area (TPSA) is 18.8 Å². The Hall–Kier alpha value is -1.00. The first-order valence-electron chi connectivity index (χ1n) is 6.63. The van der Waals surface area contributed by atoms with Crippen molar-refractivity contribution in [3.8, 4) is 0 Å². The van der Waals surface area contributed by atoms with Gasteiger partial charge in [0.05, 0.1) is 5.69 Å². The van der Waals surface area contributed by atoms with Gasteiger partial charge in [-0.1, -0.05) is 6.92 Å². The highest BCUT2D eigenvalue weighted by Gasteiger charge is 2.17. The standard InChI is InChI=1S/C14H19N3S/c1-2-16-6-8-17(9-7-16)12-3-4-13-14(11-12)18-10-5-15-13/h3-5,11H,2,6-10H2,1H3. The lowest BCUT2D eigenvalue weighted by molar-refractivity contribution is 0.271. The summed E-state index contributed by atoms with van der Waals surface area (Å²) in [4.78, 5) is 10.8. The molecule has 0 aromatic heterocycles. The highest BCUT2D eigenvalue weighted by molar-refractivity contribution is 8.00. The Morgan fingerprint density at radius 2 is 2.06 bits per heavy atom. The van der Waals surface area contributed by atoms with Crippen molar-refractivity contribution in [3.05, 3.63) is 18.2 Å². The number of nitrogens with zero attached hydrogens (tertiary/aromatic N) is 3. The smallest absolute Gasteiger partial charge is 0.0763 e. The minimum atomic E-state index is 1.00. The molecule has 0 amide bonds. The molecule has 0 bridgehead atoms. The molecule has 1 fully saturated rings. The molecule has 0 saturated carbocycles. The van der Waals surface area contributed by atoms with Crippen molar-refractivity contribution in [3.63, 3.8) is 0 Å². The van der Waals surface area contributed by atoms with Crippen LogP contribution in [0.1, 0.15) is 6.92 Å². The Kier molecular flexibility index (Phi) is 3.57. The van der Waals surface area contributed by atoms with Crippen LogP contribution in [0.3, 0.4) is 0 Å². The fraction of sp³-hybridized carbons (Fsp3) is 0.500. The molecule has 0 spiro atoms. The van der Waals surface area contributed by atoms with Crippen LogP contribution >= 0.6 is 11.8 Å². The third kappa shape index (κ3) is 2.40. The lowest BCUT2D eigenvalue weighted by Gasteiger charge is -2.35. The number of anilines is 1. The van der Waals surface area contributed by atoms with E-state index in [0.29, 0.717) is 0 Å². The zero-order chi connectivity index (χ0) is 12.4. The van der Waals surface area contributed by atoms with Gasteiger partial charge in [0.2, 0.25) is 0 Å². The van der Waals surface area contributed by atoms with Crippen LogP contribution in [0.25, 0.3) is 0 Å². The van der Waals surface area contributed by atoms with Crippen molar-refractivity contribution < 1.29 is 0 Å². The SMILES string of the molecule is CCN1CCN(c2ccc3c(c2)SCC=N3)CC1. The van der Waals surface area contributed by atoms with Crippen LogP contribution < -0.4 is 4.90 Å². The second-order valence-electron chi connectivity index (χ2n) is 4.70. The van der Waals surface area contributed by atoms with E-state index in [1.807, 2.05) is 18.0 Å². The van der Waals surface area contributed by atoms with Crippen LogP contribution in [0.4, 0.5) is 11.4 Å². The molecule has 0 N–H and O–H groups in total. The summed E-state index contributed by atoms with van der Waals surface area (Å²) in [5.41, 5.74) is 2.48. The first kappa shape index (κ1) is 12.1. The van der Waals surface area contributed by atoms with E-state index in [-0.39, 0.29) is 0 Å². The molecule has 2 aliphatic rings. The third-order valence-corrected chi connectivity index (χ3v) is 4.63. The molecule has 0 atom stereocenters. The van der Waals surface area contributed by atoms with E-state index in [2.05, 4.69) is 39.9 Å². The van der Waals surface area contributed by atoms with Gasteiger partial charge in [0.25, 0.3) is 0 Å². The van der Waals surface area contributed by atoms with Gasteiger partial charge in [0.1, 0.15) is 0 Å². The Morgan fingerprint density at radius 1 is 1.22 bits per heavy atom. The summed E-state index contributed by atoms with van der Waals surface area (Å²) >= 11 is 1.89. The summed E-state index contributed by atoms with van der Waals surface area (Å²) in [7, 11) is 0. The number of hydrogen-bond acceptors (Lipinski definition) is 4. The van der Waals surface area contributed by atoms with Crippen LogP contribution in [-0.2, 0) is 0 Å². The highest BCUT2D eigenvalue weighted by Crippen LogP contribution is 2.35. The lowest BCUT2D eigenvalue weighted by Crippen LogP contribution is -2.46. The predicted molar refractivity (Wildman–Crippen MR) is 79.6 cm³/mol. The third-order valence-electron chi connectivity index (χ3n) is 3.67. The molecule has 96 valence electrons. The summed E-state index contributed by atoms with van der Waals surface area (Å²) in [6.07, 6.45) is 1.99. The fourth-order valence-corrected chi connectivity index (χ4v) is 3.31. The van der Waals surface area contributed by atoms with E-state index in [1.54, 1.807) is 0 Å². The van der Waals surface area contributed by atoms with E-state index in [9.17, 15) is 0 Å². The number of fused-ring (bicyclic) bond motifs is 1. The van der Waals surface area contributed by atoms with Crippen LogP contribution in [0, 0.1) is 0 Å². The molecule has 2 heterocycles. The molecule has 1 aromatic rings. The Balaban J connectivity index is 1.75. The number of rotatable bonds is 2. The molecule has 3 nitrogen and oxygen atoms in total. The van der Waals surface area contributed by atoms with Gasteiger partial charge in [-0.15, -0.1) is 11.8 Å². The zero-order valence-electron chi connectivity index (χ0n) is 10.8. The second kappa shape index (κ2) is 5.33. The molecule has 4 heteroatoms. The van der Waals surface area contributed by atoms with Crippen molar-refractivity contribution in [2.45, 2.75) is 11.8 Å². The minimum Gasteiger partial charge on any atom is -0.369 e. The van der Waals surface area contributed by atoms with Crippen LogP contribution in [0.2, 0.25) is 0 Å². The lowest BCUT2D eigenvalue weighted by atomic mass is 10.2. The molecular formula is C14H19N3S. The molecule has 3 rings (SSSR count). The Bertz CT molecular complexity index is 450. The van der Waals surface area contributed by atoms with Gasteiger partial charge in [-0.05, 0) is 24.7 Å². The summed E-state index contributed by atoms with van der Waals surface area (Å²) in [6, 6.07) is 6.67. The largest absolute Gasteiger partial charge is 0.369 e. The number of hydrogen-bond donors (Lipinski definition) is 0. The first-order valence-corrected chi connectivity index (χ1v) is 7.62. The number of likely N-dealkylation sites (N-methyl/N-ethyl adjacent to an activating group) is 1. The van der Waals surface area contributed by atoms with Crippen molar-refractivity contribution in [2.24, 2.45) is 4.99 Å². The van der Waals surface area contributed by atoms with Crippen LogP contribution in [0.15, 0.2) is 28.1 Å². The predicted octanol–water partition coefficient (Wildman–Crippen LogP) is 2.64. The second-order valence-corrected chi connectivity index (χ2v) is 5.76. The average molecular weight is 261 g/mol. The maximum Gasteiger partial charge on any atom is 0.0763 e. The van der Waals surface area contributed by atoms with Crippen molar-refractivity contribution in [2.75, 3.05) is 43.4 Å². The van der Waals surface area contributed by atoms with Gasteiger partial charge in [-0.3, -0.25) is 4.99 Å². The van der Waals surface area contributed by atoms with Gasteiger partial charge in [0, 0.05) is 48.7 Å². The van der Waals surface area contributed by atoms with E-state index in [0.717, 1.165) is 24.5 Å². The Morgan fingerprint density at radius 3 is 2.83 bits per heavy atom. The van der Waals surface area contributed by atoms with E-state index >= 15 is 0 Å². The maximum absolute atomic E-state index is 4.43. The van der Waals surface area contributed by atoms with Crippen LogP contribution in [0.5, 0.6) is 0 Å². The summed E-state index contributed by atoms with van der Waals surface area (Å²) in [6.45, 7) is 8.05. The number of piperazine rings is 1. The number of thioether (sulfide) groups is 1. The molecule has 0 radical (unpaired) electrons. The molecule has 0 aliphatic carbocycles. The van der Waals surface area contributed by atoms with Gasteiger partial charge in [-0.2, -0.15) is 0 Å². The number of benzene rings is 1. The molecule has 18 heavy (non-hydrogen) atoms. The minimum absolute atomic E-state index is 1.00. The molecule has 1 aromatic carbocycles. The molecule has 2 aliphatic heterocycles.